The Morgan fingerprint density at radius 2 is 2.05 bits per heavy atom. The first-order valence-electron chi connectivity index (χ1n) is 7.57. The molecule has 1 saturated carbocycles. The molecule has 1 aromatic heterocycles. The molecule has 4 nitrogen and oxygen atoms in total. The molecule has 2 heterocycles. The van der Waals surface area contributed by atoms with Gasteiger partial charge in [-0.2, -0.15) is 0 Å². The Bertz CT molecular complexity index is 467. The highest BCUT2D eigenvalue weighted by Crippen LogP contribution is 2.40. The number of anilines is 2. The molecule has 1 saturated heterocycles. The van der Waals surface area contributed by atoms with Crippen LogP contribution in [0.25, 0.3) is 0 Å². The topological polar surface area (TPSA) is 41.1 Å². The fourth-order valence-electron chi connectivity index (χ4n) is 3.11. The highest BCUT2D eigenvalue weighted by atomic mass is 15.2. The van der Waals surface area contributed by atoms with Crippen LogP contribution in [-0.4, -0.2) is 29.6 Å². The normalized spacial score (nSPS) is 22.9. The quantitative estimate of drug-likeness (QED) is 0.903. The van der Waals surface area contributed by atoms with Gasteiger partial charge in [-0.1, -0.05) is 6.92 Å². The smallest absolute Gasteiger partial charge is 0.137 e. The van der Waals surface area contributed by atoms with Gasteiger partial charge in [-0.15, -0.1) is 0 Å². The number of nitrogens with zero attached hydrogens (tertiary/aromatic N) is 3. The lowest BCUT2D eigenvalue weighted by Gasteiger charge is -2.27. The Morgan fingerprint density at radius 1 is 1.26 bits per heavy atom. The third-order valence-electron chi connectivity index (χ3n) is 4.44. The summed E-state index contributed by atoms with van der Waals surface area (Å²) in [5.41, 5.74) is 1.20. The number of rotatable bonds is 4. The predicted molar refractivity (Wildman–Crippen MR) is 78.9 cm³/mol. The molecule has 0 amide bonds. The fraction of sp³-hybridized carbons (Fsp3) is 0.733. The van der Waals surface area contributed by atoms with Crippen LogP contribution in [0, 0.1) is 6.92 Å². The molecule has 1 atom stereocenters. The van der Waals surface area contributed by atoms with Gasteiger partial charge in [0.05, 0.1) is 0 Å². The van der Waals surface area contributed by atoms with E-state index in [1.165, 1.54) is 43.5 Å². The van der Waals surface area contributed by atoms with E-state index in [-0.39, 0.29) is 0 Å². The molecule has 1 unspecified atom stereocenters. The Hall–Kier alpha value is -1.32. The third-order valence-corrected chi connectivity index (χ3v) is 4.44. The number of hydrogen-bond acceptors (Lipinski definition) is 4. The van der Waals surface area contributed by atoms with E-state index in [4.69, 9.17) is 4.98 Å². The van der Waals surface area contributed by atoms with Gasteiger partial charge in [-0.3, -0.25) is 0 Å². The highest BCUT2D eigenvalue weighted by molar-refractivity contribution is 5.59. The van der Waals surface area contributed by atoms with E-state index in [1.54, 1.807) is 0 Å². The Labute approximate surface area is 115 Å². The maximum Gasteiger partial charge on any atom is 0.137 e. The van der Waals surface area contributed by atoms with Crippen molar-refractivity contribution >= 4 is 11.6 Å². The van der Waals surface area contributed by atoms with Crippen molar-refractivity contribution in [3.05, 3.63) is 11.4 Å². The van der Waals surface area contributed by atoms with E-state index in [2.05, 4.69) is 29.0 Å². The SMILES string of the molecule is CCC1CCCN1c1nc(C2CC2)nc(NC)c1C. The molecule has 2 aliphatic rings. The van der Waals surface area contributed by atoms with Crippen LogP contribution in [-0.2, 0) is 0 Å². The minimum atomic E-state index is 0.606. The molecule has 4 heteroatoms. The second-order valence-corrected chi connectivity index (χ2v) is 5.80. The molecule has 3 rings (SSSR count). The Kier molecular flexibility index (Phi) is 3.33. The molecule has 0 bridgehead atoms. The van der Waals surface area contributed by atoms with E-state index < -0.39 is 0 Å². The molecule has 1 aliphatic heterocycles. The Balaban J connectivity index is 2.00. The van der Waals surface area contributed by atoms with E-state index in [0.29, 0.717) is 12.0 Å². The van der Waals surface area contributed by atoms with Gasteiger partial charge >= 0.3 is 0 Å². The van der Waals surface area contributed by atoms with Crippen LogP contribution in [0.15, 0.2) is 0 Å². The van der Waals surface area contributed by atoms with Crippen LogP contribution in [0.5, 0.6) is 0 Å². The maximum atomic E-state index is 4.90. The maximum absolute atomic E-state index is 4.90. The van der Waals surface area contributed by atoms with Crippen molar-refractivity contribution in [3.63, 3.8) is 0 Å². The lowest BCUT2D eigenvalue weighted by atomic mass is 10.1. The zero-order chi connectivity index (χ0) is 13.4. The van der Waals surface area contributed by atoms with Crippen molar-refractivity contribution < 1.29 is 0 Å². The zero-order valence-corrected chi connectivity index (χ0v) is 12.2. The summed E-state index contributed by atoms with van der Waals surface area (Å²) < 4.78 is 0. The van der Waals surface area contributed by atoms with E-state index in [0.717, 1.165) is 18.2 Å². The highest BCUT2D eigenvalue weighted by Gasteiger charge is 2.31. The summed E-state index contributed by atoms with van der Waals surface area (Å²) in [4.78, 5) is 12.1. The first kappa shape index (κ1) is 12.7. The molecule has 19 heavy (non-hydrogen) atoms. The van der Waals surface area contributed by atoms with Crippen LogP contribution in [0.3, 0.4) is 0 Å². The number of nitrogens with one attached hydrogen (secondary N) is 1. The summed E-state index contributed by atoms with van der Waals surface area (Å²) >= 11 is 0. The van der Waals surface area contributed by atoms with Crippen molar-refractivity contribution in [3.8, 4) is 0 Å². The summed E-state index contributed by atoms with van der Waals surface area (Å²) in [7, 11) is 1.96. The Morgan fingerprint density at radius 3 is 2.68 bits per heavy atom. The largest absolute Gasteiger partial charge is 0.373 e. The predicted octanol–water partition coefficient (Wildman–Crippen LogP) is 3.08. The molecule has 1 N–H and O–H groups in total. The summed E-state index contributed by atoms with van der Waals surface area (Å²) in [5.74, 6) is 3.83. The van der Waals surface area contributed by atoms with Crippen molar-refractivity contribution in [2.45, 2.75) is 57.9 Å². The molecule has 1 aromatic rings. The van der Waals surface area contributed by atoms with Crippen LogP contribution in [0.1, 0.15) is 56.3 Å². The van der Waals surface area contributed by atoms with Crippen LogP contribution in [0.4, 0.5) is 11.6 Å². The van der Waals surface area contributed by atoms with Crippen LogP contribution >= 0.6 is 0 Å². The second-order valence-electron chi connectivity index (χ2n) is 5.80. The van der Waals surface area contributed by atoms with Gasteiger partial charge in [-0.25, -0.2) is 9.97 Å². The number of hydrogen-bond donors (Lipinski definition) is 1. The second kappa shape index (κ2) is 4.99. The summed E-state index contributed by atoms with van der Waals surface area (Å²) in [6.07, 6.45) is 6.30. The average molecular weight is 260 g/mol. The lowest BCUT2D eigenvalue weighted by Crippen LogP contribution is -2.30. The van der Waals surface area contributed by atoms with Gasteiger partial charge < -0.3 is 10.2 Å². The van der Waals surface area contributed by atoms with Gasteiger partial charge in [0.2, 0.25) is 0 Å². The minimum Gasteiger partial charge on any atom is -0.373 e. The molecule has 104 valence electrons. The summed E-state index contributed by atoms with van der Waals surface area (Å²) in [6, 6.07) is 0.658. The monoisotopic (exact) mass is 260 g/mol. The van der Waals surface area contributed by atoms with Gasteiger partial charge in [0.25, 0.3) is 0 Å². The minimum absolute atomic E-state index is 0.606. The first-order valence-corrected chi connectivity index (χ1v) is 7.57. The van der Waals surface area contributed by atoms with Gasteiger partial charge in [0.1, 0.15) is 17.5 Å². The number of aromatic nitrogens is 2. The van der Waals surface area contributed by atoms with Gasteiger partial charge in [0.15, 0.2) is 0 Å². The summed E-state index contributed by atoms with van der Waals surface area (Å²) in [6.45, 7) is 5.56. The van der Waals surface area contributed by atoms with E-state index in [9.17, 15) is 0 Å². The molecule has 0 spiro atoms. The van der Waals surface area contributed by atoms with Crippen LogP contribution < -0.4 is 10.2 Å². The van der Waals surface area contributed by atoms with E-state index >= 15 is 0 Å². The van der Waals surface area contributed by atoms with Crippen molar-refractivity contribution in [1.82, 2.24) is 9.97 Å². The van der Waals surface area contributed by atoms with Crippen LogP contribution in [0.2, 0.25) is 0 Å². The molecule has 1 aliphatic carbocycles. The summed E-state index contributed by atoms with van der Waals surface area (Å²) in [5, 5.41) is 3.24. The molecular formula is C15H24N4. The third kappa shape index (κ3) is 2.28. The molecule has 2 fully saturated rings. The molecule has 0 aromatic carbocycles. The average Bonchev–Trinajstić information content (AvgIpc) is 3.17. The van der Waals surface area contributed by atoms with E-state index in [1.807, 2.05) is 7.05 Å². The van der Waals surface area contributed by atoms with Gasteiger partial charge in [0, 0.05) is 31.1 Å². The van der Waals surface area contributed by atoms with Crippen molar-refractivity contribution in [1.29, 1.82) is 0 Å². The van der Waals surface area contributed by atoms with Crippen molar-refractivity contribution in [2.75, 3.05) is 23.8 Å². The molecule has 0 radical (unpaired) electrons. The van der Waals surface area contributed by atoms with Gasteiger partial charge in [-0.05, 0) is 39.0 Å². The lowest BCUT2D eigenvalue weighted by molar-refractivity contribution is 0.637. The zero-order valence-electron chi connectivity index (χ0n) is 12.2. The first-order chi connectivity index (χ1) is 9.24. The molecular weight excluding hydrogens is 236 g/mol. The fourth-order valence-corrected chi connectivity index (χ4v) is 3.11. The van der Waals surface area contributed by atoms with Crippen molar-refractivity contribution in [2.24, 2.45) is 0 Å². The standard InChI is InChI=1S/C15H24N4/c1-4-12-6-5-9-19(12)15-10(2)13(16-3)17-14(18-15)11-7-8-11/h11-12H,4-9H2,1-3H3,(H,16,17,18).